The van der Waals surface area contributed by atoms with Gasteiger partial charge in [0.1, 0.15) is 29.6 Å². The Labute approximate surface area is 254 Å². The average Bonchev–Trinajstić information content (AvgIpc) is 3.01. The van der Waals surface area contributed by atoms with Gasteiger partial charge in [0.05, 0.1) is 0 Å². The van der Waals surface area contributed by atoms with E-state index in [0.717, 1.165) is 11.1 Å². The van der Waals surface area contributed by atoms with E-state index < -0.39 is 11.9 Å². The number of hydrogen-bond donors (Lipinski definition) is 0. The largest absolute Gasteiger partial charge is 0.490 e. The topological polar surface area (TPSA) is 88.1 Å². The van der Waals surface area contributed by atoms with Crippen molar-refractivity contribution in [1.82, 2.24) is 0 Å². The van der Waals surface area contributed by atoms with Crippen LogP contribution in [-0.2, 0) is 14.4 Å². The van der Waals surface area contributed by atoms with Crippen LogP contribution in [0.15, 0.2) is 109 Å². The molecule has 3 aromatic rings. The van der Waals surface area contributed by atoms with Crippen molar-refractivity contribution < 1.29 is 33.3 Å². The number of allylic oxidation sites excluding steroid dienone is 2. The highest BCUT2D eigenvalue weighted by molar-refractivity contribution is 5.91. The molecule has 0 bridgehead atoms. The molecule has 0 aromatic heterocycles. The first kappa shape index (κ1) is 35.9. The van der Waals surface area contributed by atoms with Crippen LogP contribution in [0, 0.1) is 0 Å². The third-order valence-electron chi connectivity index (χ3n) is 5.35. The van der Waals surface area contributed by atoms with Gasteiger partial charge >= 0.3 is 11.9 Å². The predicted molar refractivity (Wildman–Crippen MR) is 172 cm³/mol. The standard InChI is InChI=1S/C31H28O7.C3H6.C2H6/c1-5-22(4)31(34)38-29-19-23(7-6-18-35-25-13-15-26(16-14-25)36-20-32)8-17-28(29)24-9-11-27(12-10-24)37-30(33)21(2)3;1-3-2;1-2/h5-17,19-20H,2,18H2,1,3-4H3;3H,1H2,2H3;1-2H3/b7-6+,22-5+;;. The van der Waals surface area contributed by atoms with Gasteiger partial charge in [-0.2, -0.15) is 0 Å². The molecule has 0 aliphatic rings. The zero-order valence-corrected chi connectivity index (χ0v) is 25.7. The van der Waals surface area contributed by atoms with E-state index in [4.69, 9.17) is 18.9 Å². The van der Waals surface area contributed by atoms with Crippen LogP contribution in [-0.4, -0.2) is 25.0 Å². The van der Waals surface area contributed by atoms with Crippen molar-refractivity contribution in [2.24, 2.45) is 0 Å². The van der Waals surface area contributed by atoms with Crippen LogP contribution in [0.2, 0.25) is 0 Å². The Morgan fingerprint density at radius 3 is 1.95 bits per heavy atom. The van der Waals surface area contributed by atoms with Gasteiger partial charge in [0.15, 0.2) is 0 Å². The fourth-order valence-electron chi connectivity index (χ4n) is 3.16. The first-order valence-corrected chi connectivity index (χ1v) is 13.8. The van der Waals surface area contributed by atoms with Crippen molar-refractivity contribution in [3.8, 4) is 34.1 Å². The Bertz CT molecular complexity index is 1410. The summed E-state index contributed by atoms with van der Waals surface area (Å²) in [6, 6.07) is 19.1. The van der Waals surface area contributed by atoms with E-state index in [-0.39, 0.29) is 0 Å². The van der Waals surface area contributed by atoms with Gasteiger partial charge in [0, 0.05) is 16.7 Å². The predicted octanol–water partition coefficient (Wildman–Crippen LogP) is 8.55. The highest BCUT2D eigenvalue weighted by atomic mass is 16.5. The molecule has 0 aliphatic carbocycles. The molecule has 7 heteroatoms. The number of carbonyl (C=O) groups excluding carboxylic acids is 3. The van der Waals surface area contributed by atoms with Gasteiger partial charge in [-0.05, 0) is 87.4 Å². The summed E-state index contributed by atoms with van der Waals surface area (Å²) in [6.45, 7) is 18.5. The maximum absolute atomic E-state index is 12.5. The number of benzene rings is 3. The quantitative estimate of drug-likeness (QED) is 0.0733. The minimum Gasteiger partial charge on any atom is -0.490 e. The Kier molecular flexibility index (Phi) is 16.5. The van der Waals surface area contributed by atoms with Crippen molar-refractivity contribution >= 4 is 24.5 Å². The average molecular weight is 585 g/mol. The van der Waals surface area contributed by atoms with Gasteiger partial charge in [-0.15, -0.1) is 6.58 Å². The van der Waals surface area contributed by atoms with E-state index in [0.29, 0.717) is 52.8 Å². The molecule has 226 valence electrons. The number of esters is 2. The fourth-order valence-corrected chi connectivity index (χ4v) is 3.16. The number of rotatable bonds is 11. The van der Waals surface area contributed by atoms with E-state index in [9.17, 15) is 14.4 Å². The minimum atomic E-state index is -0.502. The second-order valence-electron chi connectivity index (χ2n) is 8.62. The lowest BCUT2D eigenvalue weighted by Gasteiger charge is -2.12. The van der Waals surface area contributed by atoms with Crippen molar-refractivity contribution in [2.75, 3.05) is 6.61 Å². The summed E-state index contributed by atoms with van der Waals surface area (Å²) in [6.07, 6.45) is 7.12. The zero-order chi connectivity index (χ0) is 32.2. The van der Waals surface area contributed by atoms with Crippen molar-refractivity contribution in [1.29, 1.82) is 0 Å². The number of hydrogen-bond acceptors (Lipinski definition) is 7. The molecule has 0 N–H and O–H groups in total. The summed E-state index contributed by atoms with van der Waals surface area (Å²) in [5.74, 6) is 0.871. The Balaban J connectivity index is 0.00000174. The maximum atomic E-state index is 12.5. The molecule has 3 aromatic carbocycles. The molecular weight excluding hydrogens is 544 g/mol. The molecule has 0 spiro atoms. The Morgan fingerprint density at radius 1 is 0.814 bits per heavy atom. The maximum Gasteiger partial charge on any atom is 0.338 e. The zero-order valence-electron chi connectivity index (χ0n) is 25.7. The third kappa shape index (κ3) is 12.5. The molecule has 0 unspecified atom stereocenters. The van der Waals surface area contributed by atoms with Crippen LogP contribution >= 0.6 is 0 Å². The Hall–Kier alpha value is -5.17. The van der Waals surface area contributed by atoms with Gasteiger partial charge in [-0.1, -0.05) is 62.9 Å². The first-order valence-electron chi connectivity index (χ1n) is 13.8. The summed E-state index contributed by atoms with van der Waals surface area (Å²) in [5, 5.41) is 0. The first-order chi connectivity index (χ1) is 20.7. The fraction of sp³-hybridized carbons (Fsp3) is 0.194. The summed E-state index contributed by atoms with van der Waals surface area (Å²) >= 11 is 0. The summed E-state index contributed by atoms with van der Waals surface area (Å²) in [7, 11) is 0. The lowest BCUT2D eigenvalue weighted by atomic mass is 10.0. The van der Waals surface area contributed by atoms with Gasteiger partial charge < -0.3 is 18.9 Å². The molecule has 0 heterocycles. The molecule has 7 nitrogen and oxygen atoms in total. The molecule has 43 heavy (non-hydrogen) atoms. The lowest BCUT2D eigenvalue weighted by molar-refractivity contribution is -0.131. The van der Waals surface area contributed by atoms with E-state index in [1.165, 1.54) is 0 Å². The van der Waals surface area contributed by atoms with Gasteiger partial charge in [0.2, 0.25) is 0 Å². The molecule has 0 atom stereocenters. The molecule has 0 amide bonds. The lowest BCUT2D eigenvalue weighted by Crippen LogP contribution is -2.10. The third-order valence-corrected chi connectivity index (χ3v) is 5.35. The summed E-state index contributed by atoms with van der Waals surface area (Å²) < 4.78 is 21.4. The van der Waals surface area contributed by atoms with Crippen LogP contribution in [0.1, 0.15) is 47.1 Å². The van der Waals surface area contributed by atoms with Crippen LogP contribution < -0.4 is 18.9 Å². The molecule has 0 aliphatic heterocycles. The SMILES string of the molecule is C=C(C)C(=O)Oc1ccc(-c2ccc(/C=C/COc3ccc(OC=O)cc3)cc2OC(=O)/C(C)=C/C)cc1.C=CC.CC. The highest BCUT2D eigenvalue weighted by Gasteiger charge is 2.14. The molecule has 0 fully saturated rings. The van der Waals surface area contributed by atoms with Gasteiger partial charge in [-0.3, -0.25) is 4.79 Å². The molecule has 0 saturated carbocycles. The smallest absolute Gasteiger partial charge is 0.338 e. The monoisotopic (exact) mass is 584 g/mol. The van der Waals surface area contributed by atoms with Gasteiger partial charge in [0.25, 0.3) is 6.47 Å². The minimum absolute atomic E-state index is 0.298. The number of carbonyl (C=O) groups is 3. The second-order valence-corrected chi connectivity index (χ2v) is 8.62. The number of ether oxygens (including phenoxy) is 4. The van der Waals surface area contributed by atoms with Crippen molar-refractivity contribution in [2.45, 2.75) is 41.5 Å². The highest BCUT2D eigenvalue weighted by Crippen LogP contribution is 2.33. The molecule has 0 saturated heterocycles. The van der Waals surface area contributed by atoms with Crippen LogP contribution in [0.4, 0.5) is 0 Å². The van der Waals surface area contributed by atoms with E-state index in [2.05, 4.69) is 13.2 Å². The van der Waals surface area contributed by atoms with E-state index >= 15 is 0 Å². The molecule has 0 radical (unpaired) electrons. The summed E-state index contributed by atoms with van der Waals surface area (Å²) in [4.78, 5) is 34.7. The van der Waals surface area contributed by atoms with Crippen molar-refractivity contribution in [3.05, 3.63) is 115 Å². The van der Waals surface area contributed by atoms with Gasteiger partial charge in [-0.25, -0.2) is 9.59 Å². The van der Waals surface area contributed by atoms with Crippen LogP contribution in [0.5, 0.6) is 23.0 Å². The second kappa shape index (κ2) is 19.8. The Morgan fingerprint density at radius 2 is 1.40 bits per heavy atom. The van der Waals surface area contributed by atoms with E-state index in [1.807, 2.05) is 45.1 Å². The van der Waals surface area contributed by atoms with Crippen LogP contribution in [0.25, 0.3) is 17.2 Å². The van der Waals surface area contributed by atoms with Crippen molar-refractivity contribution in [3.63, 3.8) is 0 Å². The van der Waals surface area contributed by atoms with E-state index in [1.54, 1.807) is 87.5 Å². The molecular formula is C36H40O7. The normalized spacial score (nSPS) is 10.2. The summed E-state index contributed by atoms with van der Waals surface area (Å²) in [5.41, 5.74) is 3.07. The molecule has 3 rings (SSSR count). The van der Waals surface area contributed by atoms with Crippen LogP contribution in [0.3, 0.4) is 0 Å².